The Hall–Kier alpha value is -2.30. The van der Waals surface area contributed by atoms with Crippen molar-refractivity contribution in [1.29, 1.82) is 0 Å². The van der Waals surface area contributed by atoms with Gasteiger partial charge in [-0.05, 0) is 53.3 Å². The molecule has 136 valence electrons. The molecule has 1 heterocycles. The molecule has 0 saturated heterocycles. The van der Waals surface area contributed by atoms with Crippen molar-refractivity contribution in [3.05, 3.63) is 59.2 Å². The first-order chi connectivity index (χ1) is 12.4. The minimum atomic E-state index is -4.33. The molecule has 2 aromatic carbocycles. The van der Waals surface area contributed by atoms with E-state index in [1.165, 1.54) is 30.5 Å². The fraction of sp³-hybridized carbons (Fsp3) is 0.381. The molecular formula is C21H20F3NO. The van der Waals surface area contributed by atoms with E-state index in [4.69, 9.17) is 0 Å². The Morgan fingerprint density at radius 2 is 1.62 bits per heavy atom. The lowest BCUT2D eigenvalue weighted by molar-refractivity contribution is -0.137. The predicted octanol–water partition coefficient (Wildman–Crippen LogP) is 5.16. The van der Waals surface area contributed by atoms with Gasteiger partial charge in [0.15, 0.2) is 0 Å². The van der Waals surface area contributed by atoms with Gasteiger partial charge in [0.25, 0.3) is 0 Å². The quantitative estimate of drug-likeness (QED) is 0.679. The summed E-state index contributed by atoms with van der Waals surface area (Å²) in [5.74, 6) is 0. The van der Waals surface area contributed by atoms with Crippen LogP contribution in [0.4, 0.5) is 13.2 Å². The molecule has 1 saturated carbocycles. The van der Waals surface area contributed by atoms with Crippen LogP contribution in [-0.4, -0.2) is 17.9 Å². The van der Waals surface area contributed by atoms with Crippen LogP contribution in [-0.2, 0) is 22.9 Å². The van der Waals surface area contributed by atoms with Crippen molar-refractivity contribution >= 4 is 6.41 Å². The van der Waals surface area contributed by atoms with E-state index in [1.807, 2.05) is 17.0 Å². The van der Waals surface area contributed by atoms with Crippen molar-refractivity contribution in [1.82, 2.24) is 4.90 Å². The summed E-state index contributed by atoms with van der Waals surface area (Å²) in [7, 11) is 0. The Kier molecular flexibility index (Phi) is 4.05. The van der Waals surface area contributed by atoms with Gasteiger partial charge in [0, 0.05) is 18.5 Å². The summed E-state index contributed by atoms with van der Waals surface area (Å²) < 4.78 is 38.3. The number of alkyl halides is 3. The molecule has 2 aliphatic rings. The highest BCUT2D eigenvalue weighted by Crippen LogP contribution is 2.46. The van der Waals surface area contributed by atoms with E-state index in [2.05, 4.69) is 6.07 Å². The Morgan fingerprint density at radius 3 is 2.23 bits per heavy atom. The lowest BCUT2D eigenvalue weighted by atomic mass is 9.73. The van der Waals surface area contributed by atoms with Crippen molar-refractivity contribution in [2.45, 2.75) is 43.8 Å². The lowest BCUT2D eigenvalue weighted by Crippen LogP contribution is -2.43. The highest BCUT2D eigenvalue weighted by molar-refractivity contribution is 5.66. The maximum absolute atomic E-state index is 12.8. The van der Waals surface area contributed by atoms with Crippen LogP contribution in [0.1, 0.15) is 42.4 Å². The number of carbonyl (C=O) groups is 1. The average molecular weight is 359 g/mol. The zero-order valence-corrected chi connectivity index (χ0v) is 14.4. The van der Waals surface area contributed by atoms with Gasteiger partial charge in [-0.1, -0.05) is 37.1 Å². The van der Waals surface area contributed by atoms with Gasteiger partial charge in [-0.3, -0.25) is 4.79 Å². The monoisotopic (exact) mass is 359 g/mol. The second kappa shape index (κ2) is 6.15. The molecule has 1 aliphatic carbocycles. The molecule has 0 N–H and O–H groups in total. The third-order valence-corrected chi connectivity index (χ3v) is 5.81. The molecule has 0 atom stereocenters. The number of hydrogen-bond acceptors (Lipinski definition) is 1. The second-order valence-corrected chi connectivity index (χ2v) is 7.44. The molecule has 5 heteroatoms. The highest BCUT2D eigenvalue weighted by Gasteiger charge is 2.41. The molecule has 0 radical (unpaired) electrons. The Bertz CT molecular complexity index is 820. The van der Waals surface area contributed by atoms with Gasteiger partial charge in [-0.2, -0.15) is 13.2 Å². The molecule has 0 aromatic heterocycles. The average Bonchev–Trinajstić information content (AvgIpc) is 3.09. The van der Waals surface area contributed by atoms with Crippen LogP contribution >= 0.6 is 0 Å². The summed E-state index contributed by atoms with van der Waals surface area (Å²) in [5, 5.41) is 0. The first-order valence-corrected chi connectivity index (χ1v) is 8.92. The number of nitrogens with zero attached hydrogens (tertiary/aromatic N) is 1. The fourth-order valence-electron chi connectivity index (χ4n) is 4.58. The lowest BCUT2D eigenvalue weighted by Gasteiger charge is -2.41. The van der Waals surface area contributed by atoms with Crippen molar-refractivity contribution in [2.75, 3.05) is 6.54 Å². The molecule has 1 aliphatic heterocycles. The predicted molar refractivity (Wildman–Crippen MR) is 93.5 cm³/mol. The number of carbonyl (C=O) groups excluding carboxylic acids is 1. The number of amides is 1. The van der Waals surface area contributed by atoms with Crippen molar-refractivity contribution < 1.29 is 18.0 Å². The fourth-order valence-corrected chi connectivity index (χ4v) is 4.58. The van der Waals surface area contributed by atoms with Crippen LogP contribution < -0.4 is 0 Å². The van der Waals surface area contributed by atoms with Crippen LogP contribution in [0.15, 0.2) is 42.5 Å². The third kappa shape index (κ3) is 2.89. The van der Waals surface area contributed by atoms with Crippen molar-refractivity contribution in [2.24, 2.45) is 0 Å². The van der Waals surface area contributed by atoms with Gasteiger partial charge in [-0.25, -0.2) is 0 Å². The van der Waals surface area contributed by atoms with E-state index in [-0.39, 0.29) is 5.41 Å². The van der Waals surface area contributed by atoms with Gasteiger partial charge in [0.05, 0.1) is 5.56 Å². The number of halogens is 3. The first kappa shape index (κ1) is 17.1. The Balaban J connectivity index is 1.72. The highest BCUT2D eigenvalue weighted by atomic mass is 19.4. The smallest absolute Gasteiger partial charge is 0.340 e. The van der Waals surface area contributed by atoms with Gasteiger partial charge in [0.2, 0.25) is 6.41 Å². The molecule has 0 bridgehead atoms. The molecule has 2 nitrogen and oxygen atoms in total. The molecule has 1 fully saturated rings. The molecule has 0 unspecified atom stereocenters. The molecule has 4 rings (SSSR count). The van der Waals surface area contributed by atoms with E-state index in [0.29, 0.717) is 6.54 Å². The first-order valence-electron chi connectivity index (χ1n) is 8.92. The van der Waals surface area contributed by atoms with Crippen LogP contribution in [0.25, 0.3) is 11.1 Å². The van der Waals surface area contributed by atoms with Crippen LogP contribution in [0, 0.1) is 0 Å². The number of benzene rings is 2. The van der Waals surface area contributed by atoms with E-state index in [9.17, 15) is 18.0 Å². The summed E-state index contributed by atoms with van der Waals surface area (Å²) in [4.78, 5) is 13.2. The van der Waals surface area contributed by atoms with E-state index >= 15 is 0 Å². The number of hydrogen-bond donors (Lipinski definition) is 0. The van der Waals surface area contributed by atoms with Crippen molar-refractivity contribution in [3.63, 3.8) is 0 Å². The zero-order valence-electron chi connectivity index (χ0n) is 14.4. The van der Waals surface area contributed by atoms with Gasteiger partial charge in [0.1, 0.15) is 0 Å². The van der Waals surface area contributed by atoms with Crippen LogP contribution in [0.2, 0.25) is 0 Å². The van der Waals surface area contributed by atoms with E-state index in [1.54, 1.807) is 0 Å². The summed E-state index contributed by atoms with van der Waals surface area (Å²) in [6.07, 6.45) is 1.11. The minimum absolute atomic E-state index is 0.0488. The SMILES string of the molecule is O=CN1Cc2cc(-c3ccc(C(F)(F)F)cc3)ccc2C2(CCCC2)C1. The summed E-state index contributed by atoms with van der Waals surface area (Å²) >= 11 is 0. The van der Waals surface area contributed by atoms with Gasteiger partial charge >= 0.3 is 6.18 Å². The van der Waals surface area contributed by atoms with Crippen LogP contribution in [0.5, 0.6) is 0 Å². The largest absolute Gasteiger partial charge is 0.416 e. The zero-order chi connectivity index (χ0) is 18.4. The van der Waals surface area contributed by atoms with E-state index < -0.39 is 11.7 Å². The van der Waals surface area contributed by atoms with Crippen LogP contribution in [0.3, 0.4) is 0 Å². The van der Waals surface area contributed by atoms with Crippen molar-refractivity contribution in [3.8, 4) is 11.1 Å². The molecular weight excluding hydrogens is 339 g/mol. The van der Waals surface area contributed by atoms with E-state index in [0.717, 1.165) is 54.6 Å². The number of fused-ring (bicyclic) bond motifs is 2. The normalized spacial score (nSPS) is 18.8. The number of rotatable bonds is 2. The minimum Gasteiger partial charge on any atom is -0.340 e. The molecule has 1 spiro atoms. The standard InChI is InChI=1S/C21H20F3NO/c22-21(23,24)18-6-3-15(4-7-18)16-5-8-19-17(11-16)12-25(14-26)13-20(19)9-1-2-10-20/h3-8,11,14H,1-2,9-10,12-13H2. The maximum Gasteiger partial charge on any atom is 0.416 e. The Morgan fingerprint density at radius 1 is 0.962 bits per heavy atom. The summed E-state index contributed by atoms with van der Waals surface area (Å²) in [6.45, 7) is 1.33. The Labute approximate surface area is 150 Å². The molecule has 1 amide bonds. The summed E-state index contributed by atoms with van der Waals surface area (Å²) in [6, 6.07) is 11.4. The molecule has 26 heavy (non-hydrogen) atoms. The summed E-state index contributed by atoms with van der Waals surface area (Å²) in [5.41, 5.74) is 3.47. The topological polar surface area (TPSA) is 20.3 Å². The second-order valence-electron chi connectivity index (χ2n) is 7.44. The molecule has 2 aromatic rings. The van der Waals surface area contributed by atoms with Gasteiger partial charge < -0.3 is 4.90 Å². The van der Waals surface area contributed by atoms with Gasteiger partial charge in [-0.15, -0.1) is 0 Å². The third-order valence-electron chi connectivity index (χ3n) is 5.81. The maximum atomic E-state index is 12.8.